The topological polar surface area (TPSA) is 3.88 Å². The zero-order chi connectivity index (χ0) is 9.26. The van der Waals surface area contributed by atoms with E-state index < -0.39 is 0 Å². The van der Waals surface area contributed by atoms with Crippen molar-refractivity contribution < 1.29 is 4.57 Å². The molecule has 0 saturated heterocycles. The summed E-state index contributed by atoms with van der Waals surface area (Å²) in [6.45, 7) is 3.78. The molecule has 1 aromatic carbocycles. The normalized spacial score (nSPS) is 10.2. The molecule has 0 spiro atoms. The Bertz CT molecular complexity index is 458. The first kappa shape index (κ1) is 7.99. The molecule has 0 unspecified atom stereocenters. The lowest BCUT2D eigenvalue weighted by Crippen LogP contribution is -2.32. The number of hydrogen-bond acceptors (Lipinski definition) is 0. The monoisotopic (exact) mass is 170 g/mol. The van der Waals surface area contributed by atoms with Crippen LogP contribution in [0.3, 0.4) is 0 Å². The van der Waals surface area contributed by atoms with Gasteiger partial charge in [-0.3, -0.25) is 0 Å². The minimum Gasteiger partial charge on any atom is -0.195 e. The fourth-order valence-corrected chi connectivity index (χ4v) is 1.56. The van der Waals surface area contributed by atoms with Crippen LogP contribution in [0.2, 0.25) is 0 Å². The highest BCUT2D eigenvalue weighted by Gasteiger charge is 2.06. The van der Waals surface area contributed by atoms with Crippen molar-refractivity contribution >= 4 is 17.0 Å². The molecule has 0 radical (unpaired) electrons. The Kier molecular flexibility index (Phi) is 1.85. The first-order chi connectivity index (χ1) is 6.33. The smallest absolute Gasteiger partial charge is 0.195 e. The highest BCUT2D eigenvalue weighted by molar-refractivity contribution is 5.75. The summed E-state index contributed by atoms with van der Waals surface area (Å²) in [6.07, 6.45) is 1.87. The van der Waals surface area contributed by atoms with Gasteiger partial charge in [-0.2, -0.15) is 4.57 Å². The van der Waals surface area contributed by atoms with Crippen molar-refractivity contribution in [2.45, 2.75) is 0 Å². The molecule has 0 N–H and O–H groups in total. The van der Waals surface area contributed by atoms with E-state index in [1.54, 1.807) is 0 Å². The third-order valence-electron chi connectivity index (χ3n) is 2.33. The number of pyridine rings is 1. The van der Waals surface area contributed by atoms with Gasteiger partial charge in [0, 0.05) is 23.6 Å². The number of aryl methyl sites for hydroxylation is 1. The highest BCUT2D eigenvalue weighted by atomic mass is 14.9. The van der Waals surface area contributed by atoms with E-state index in [4.69, 9.17) is 0 Å². The summed E-state index contributed by atoms with van der Waals surface area (Å²) < 4.78 is 2.14. The largest absolute Gasteiger partial charge is 0.212 e. The SMILES string of the molecule is C=Cc1ccc2ccccc2[n+]1C. The van der Waals surface area contributed by atoms with E-state index in [2.05, 4.69) is 54.6 Å². The van der Waals surface area contributed by atoms with Crippen LogP contribution in [0.1, 0.15) is 5.69 Å². The molecule has 0 aliphatic rings. The number of para-hydroxylation sites is 1. The van der Waals surface area contributed by atoms with E-state index in [9.17, 15) is 0 Å². The third-order valence-corrected chi connectivity index (χ3v) is 2.33. The quantitative estimate of drug-likeness (QED) is 0.578. The van der Waals surface area contributed by atoms with Crippen molar-refractivity contribution in [1.82, 2.24) is 0 Å². The molecular formula is C12H12N+. The van der Waals surface area contributed by atoms with Gasteiger partial charge < -0.3 is 0 Å². The van der Waals surface area contributed by atoms with E-state index in [-0.39, 0.29) is 0 Å². The number of nitrogens with zero attached hydrogens (tertiary/aromatic N) is 1. The van der Waals surface area contributed by atoms with Crippen molar-refractivity contribution in [3.05, 3.63) is 48.7 Å². The Morgan fingerprint density at radius 3 is 2.69 bits per heavy atom. The summed E-state index contributed by atoms with van der Waals surface area (Å²) in [5.74, 6) is 0. The molecule has 64 valence electrons. The van der Waals surface area contributed by atoms with Gasteiger partial charge in [0.15, 0.2) is 0 Å². The summed E-state index contributed by atoms with van der Waals surface area (Å²) in [5.41, 5.74) is 2.37. The second kappa shape index (κ2) is 3.02. The van der Waals surface area contributed by atoms with Crippen LogP contribution in [-0.2, 0) is 7.05 Å². The van der Waals surface area contributed by atoms with Crippen LogP contribution >= 0.6 is 0 Å². The number of hydrogen-bond donors (Lipinski definition) is 0. The van der Waals surface area contributed by atoms with Crippen LogP contribution in [-0.4, -0.2) is 0 Å². The molecule has 0 aliphatic heterocycles. The average molecular weight is 170 g/mol. The number of fused-ring (bicyclic) bond motifs is 1. The number of rotatable bonds is 1. The minimum absolute atomic E-state index is 1.14. The Balaban J connectivity index is 2.86. The van der Waals surface area contributed by atoms with Crippen molar-refractivity contribution in [3.8, 4) is 0 Å². The van der Waals surface area contributed by atoms with Gasteiger partial charge in [-0.1, -0.05) is 18.7 Å². The summed E-state index contributed by atoms with van der Waals surface area (Å²) in [6, 6.07) is 12.5. The van der Waals surface area contributed by atoms with Crippen LogP contribution in [0.4, 0.5) is 0 Å². The Morgan fingerprint density at radius 2 is 1.92 bits per heavy atom. The van der Waals surface area contributed by atoms with Crippen molar-refractivity contribution in [3.63, 3.8) is 0 Å². The molecule has 1 aromatic heterocycles. The van der Waals surface area contributed by atoms with Gasteiger partial charge in [-0.15, -0.1) is 0 Å². The van der Waals surface area contributed by atoms with Crippen LogP contribution < -0.4 is 4.57 Å². The zero-order valence-electron chi connectivity index (χ0n) is 7.70. The Hall–Kier alpha value is -1.63. The van der Waals surface area contributed by atoms with Gasteiger partial charge in [0.2, 0.25) is 11.2 Å². The van der Waals surface area contributed by atoms with Gasteiger partial charge >= 0.3 is 0 Å². The molecule has 2 aromatic rings. The number of benzene rings is 1. The standard InChI is InChI=1S/C12H12N/c1-3-11-9-8-10-6-4-5-7-12(10)13(11)2/h3-9H,1H2,2H3/q+1. The van der Waals surface area contributed by atoms with Gasteiger partial charge in [0.1, 0.15) is 7.05 Å². The summed E-state index contributed by atoms with van der Waals surface area (Å²) in [4.78, 5) is 0. The molecule has 0 fully saturated rings. The molecule has 1 heterocycles. The van der Waals surface area contributed by atoms with E-state index in [0.717, 1.165) is 5.69 Å². The second-order valence-electron chi connectivity index (χ2n) is 3.08. The van der Waals surface area contributed by atoms with E-state index in [0.29, 0.717) is 0 Å². The van der Waals surface area contributed by atoms with Gasteiger partial charge in [0.25, 0.3) is 0 Å². The van der Waals surface area contributed by atoms with Crippen LogP contribution in [0.25, 0.3) is 17.0 Å². The fraction of sp³-hybridized carbons (Fsp3) is 0.0833. The summed E-state index contributed by atoms with van der Waals surface area (Å²) >= 11 is 0. The second-order valence-corrected chi connectivity index (χ2v) is 3.08. The Labute approximate surface area is 77.9 Å². The van der Waals surface area contributed by atoms with Gasteiger partial charge in [0.05, 0.1) is 0 Å². The lowest BCUT2D eigenvalue weighted by Gasteiger charge is -1.98. The molecule has 13 heavy (non-hydrogen) atoms. The molecule has 1 nitrogen and oxygen atoms in total. The molecule has 0 saturated carbocycles. The van der Waals surface area contributed by atoms with Gasteiger partial charge in [-0.05, 0) is 12.1 Å². The van der Waals surface area contributed by atoms with Crippen LogP contribution in [0.5, 0.6) is 0 Å². The van der Waals surface area contributed by atoms with Crippen molar-refractivity contribution in [2.75, 3.05) is 0 Å². The molecule has 0 aliphatic carbocycles. The van der Waals surface area contributed by atoms with Crippen LogP contribution in [0.15, 0.2) is 43.0 Å². The molecule has 1 heteroatoms. The zero-order valence-corrected chi connectivity index (χ0v) is 7.70. The number of aromatic nitrogens is 1. The molecular weight excluding hydrogens is 158 g/mol. The third kappa shape index (κ3) is 1.22. The average Bonchev–Trinajstić information content (AvgIpc) is 2.19. The predicted octanol–water partition coefficient (Wildman–Crippen LogP) is 2.31. The lowest BCUT2D eigenvalue weighted by atomic mass is 10.2. The van der Waals surface area contributed by atoms with E-state index in [1.165, 1.54) is 10.9 Å². The first-order valence-electron chi connectivity index (χ1n) is 4.33. The summed E-state index contributed by atoms with van der Waals surface area (Å²) in [5, 5.41) is 1.26. The maximum absolute atomic E-state index is 3.78. The lowest BCUT2D eigenvalue weighted by molar-refractivity contribution is -0.646. The highest BCUT2D eigenvalue weighted by Crippen LogP contribution is 2.09. The molecule has 0 amide bonds. The van der Waals surface area contributed by atoms with Crippen molar-refractivity contribution in [2.24, 2.45) is 7.05 Å². The molecule has 0 bridgehead atoms. The van der Waals surface area contributed by atoms with Crippen LogP contribution in [0, 0.1) is 0 Å². The van der Waals surface area contributed by atoms with E-state index in [1.807, 2.05) is 6.08 Å². The molecule has 2 rings (SSSR count). The first-order valence-corrected chi connectivity index (χ1v) is 4.33. The minimum atomic E-state index is 1.14. The maximum atomic E-state index is 3.78. The predicted molar refractivity (Wildman–Crippen MR) is 55.2 cm³/mol. The molecule has 0 atom stereocenters. The van der Waals surface area contributed by atoms with E-state index >= 15 is 0 Å². The fourth-order valence-electron chi connectivity index (χ4n) is 1.56. The van der Waals surface area contributed by atoms with Crippen molar-refractivity contribution in [1.29, 1.82) is 0 Å². The maximum Gasteiger partial charge on any atom is 0.212 e. The summed E-state index contributed by atoms with van der Waals surface area (Å²) in [7, 11) is 2.05. The van der Waals surface area contributed by atoms with Gasteiger partial charge in [-0.25, -0.2) is 0 Å². The Morgan fingerprint density at radius 1 is 1.15 bits per heavy atom.